The fraction of sp³-hybridized carbons (Fsp3) is 0.958. The molecule has 0 bridgehead atoms. The normalized spacial score (nSPS) is 52.7. The molecule has 68 heavy (non-hydrogen) atoms. The molecule has 4 aliphatic carbocycles. The second kappa shape index (κ2) is 20.3. The molecule has 7 aliphatic rings. The quantitative estimate of drug-likeness (QED) is 0.0656. The van der Waals surface area contributed by atoms with Gasteiger partial charge < -0.3 is 99.9 Å². The minimum absolute atomic E-state index is 0.129. The van der Waals surface area contributed by atoms with Gasteiger partial charge in [0.15, 0.2) is 18.9 Å². The molecule has 0 aromatic heterocycles. The second-order valence-electron chi connectivity index (χ2n) is 22.9. The lowest BCUT2D eigenvalue weighted by Gasteiger charge is -2.71. The van der Waals surface area contributed by atoms with E-state index in [2.05, 4.69) is 34.6 Å². The van der Waals surface area contributed by atoms with Crippen LogP contribution < -0.4 is 0 Å². The van der Waals surface area contributed by atoms with Crippen LogP contribution in [-0.4, -0.2) is 214 Å². The van der Waals surface area contributed by atoms with E-state index in [9.17, 15) is 71.5 Å². The number of rotatable bonds is 14. The third kappa shape index (κ3) is 9.09. The van der Waals surface area contributed by atoms with Gasteiger partial charge in [0.05, 0.1) is 50.3 Å². The maximum absolute atomic E-state index is 12.7. The van der Waals surface area contributed by atoms with E-state index >= 15 is 0 Å². The summed E-state index contributed by atoms with van der Waals surface area (Å²) in [5.74, 6) is -0.996. The number of hydrogen-bond acceptors (Lipinski definition) is 20. The van der Waals surface area contributed by atoms with Crippen molar-refractivity contribution in [2.45, 2.75) is 216 Å². The van der Waals surface area contributed by atoms with Crippen molar-refractivity contribution in [2.75, 3.05) is 26.4 Å². The number of ether oxygens (including phenoxy) is 6. The average Bonchev–Trinajstić information content (AvgIpc) is 3.69. The molecule has 20 nitrogen and oxygen atoms in total. The van der Waals surface area contributed by atoms with Gasteiger partial charge in [0.1, 0.15) is 73.2 Å². The largest absolute Gasteiger partial charge is 0.394 e. The van der Waals surface area contributed by atoms with Crippen molar-refractivity contribution < 1.29 is 99.9 Å². The summed E-state index contributed by atoms with van der Waals surface area (Å²) in [6, 6.07) is 0. The van der Waals surface area contributed by atoms with Gasteiger partial charge in [0.25, 0.3) is 0 Å². The Kier molecular flexibility index (Phi) is 16.4. The van der Waals surface area contributed by atoms with Crippen molar-refractivity contribution in [2.24, 2.45) is 45.3 Å². The fourth-order valence-corrected chi connectivity index (χ4v) is 14.7. The maximum atomic E-state index is 12.7. The van der Waals surface area contributed by atoms with Crippen LogP contribution in [0.2, 0.25) is 0 Å². The average molecular weight is 979 g/mol. The van der Waals surface area contributed by atoms with E-state index in [0.717, 1.165) is 12.0 Å². The van der Waals surface area contributed by atoms with Crippen LogP contribution in [0.3, 0.4) is 0 Å². The predicted molar refractivity (Wildman–Crippen MR) is 236 cm³/mol. The summed E-state index contributed by atoms with van der Waals surface area (Å²) >= 11 is 0. The standard InChI is InChI=1S/C48H82O20/c1-21(17-49)9-8-12-47(6,68-43-40(62)37(59)34(56)26(66-43)20-63-41-38(60)35(57)32(54)24(18-50)64-41)22-10-13-46(5)31(22)23(52)15-28-45(46,4)14-11-27-44(2,3)30(16-29(53)48(27,28)7)67-42-39(61)36(58)33(55)25(19-51)65-42/h9,22-43,49-62H,8,10-20H2,1-7H3/b21-9+/t22-,23+,24+,25+,26+,27+,28-,29+,30+,31-,32+,33+,34+,35-,36-,37-,38+,39+,40+,41+,42-,43-,45+,46-,47+,48-/m1/s1. The molecule has 4 saturated carbocycles. The molecule has 26 atom stereocenters. The third-order valence-electron chi connectivity index (χ3n) is 19.1. The van der Waals surface area contributed by atoms with Gasteiger partial charge in [-0.25, -0.2) is 0 Å². The van der Waals surface area contributed by atoms with E-state index in [4.69, 9.17) is 28.4 Å². The van der Waals surface area contributed by atoms with Gasteiger partial charge in [-0.05, 0) is 98.7 Å². The van der Waals surface area contributed by atoms with Crippen LogP contribution in [0.4, 0.5) is 0 Å². The van der Waals surface area contributed by atoms with Gasteiger partial charge in [-0.2, -0.15) is 0 Å². The van der Waals surface area contributed by atoms with E-state index < -0.39 is 158 Å². The first-order valence-corrected chi connectivity index (χ1v) is 24.7. The van der Waals surface area contributed by atoms with Crippen molar-refractivity contribution in [3.63, 3.8) is 0 Å². The molecule has 0 aromatic rings. The Morgan fingerprint density at radius 3 is 1.75 bits per heavy atom. The summed E-state index contributed by atoms with van der Waals surface area (Å²) in [4.78, 5) is 0. The Balaban J connectivity index is 1.13. The number of aliphatic hydroxyl groups is 14. The lowest BCUT2D eigenvalue weighted by molar-refractivity contribution is -0.351. The monoisotopic (exact) mass is 979 g/mol. The number of allylic oxidation sites excluding steroid dienone is 1. The van der Waals surface area contributed by atoms with Crippen LogP contribution in [0.5, 0.6) is 0 Å². The fourth-order valence-electron chi connectivity index (χ4n) is 14.7. The summed E-state index contributed by atoms with van der Waals surface area (Å²) in [6.07, 6.45) is -19.8. The van der Waals surface area contributed by atoms with Gasteiger partial charge in [0.2, 0.25) is 0 Å². The summed E-state index contributed by atoms with van der Waals surface area (Å²) in [5, 5.41) is 151. The highest BCUT2D eigenvalue weighted by molar-refractivity contribution is 5.22. The molecule has 0 aromatic carbocycles. The van der Waals surface area contributed by atoms with Crippen LogP contribution in [0.15, 0.2) is 11.6 Å². The maximum Gasteiger partial charge on any atom is 0.187 e. The van der Waals surface area contributed by atoms with Crippen molar-refractivity contribution >= 4 is 0 Å². The first-order valence-electron chi connectivity index (χ1n) is 24.7. The summed E-state index contributed by atoms with van der Waals surface area (Å²) in [7, 11) is 0. The smallest absolute Gasteiger partial charge is 0.187 e. The van der Waals surface area contributed by atoms with E-state index in [0.29, 0.717) is 38.5 Å². The Morgan fingerprint density at radius 1 is 0.632 bits per heavy atom. The molecule has 3 aliphatic heterocycles. The molecule has 20 heteroatoms. The zero-order valence-corrected chi connectivity index (χ0v) is 40.5. The summed E-state index contributed by atoms with van der Waals surface area (Å²) in [6.45, 7) is 12.4. The first-order chi connectivity index (χ1) is 31.8. The highest BCUT2D eigenvalue weighted by Gasteiger charge is 2.73. The Bertz CT molecular complexity index is 1740. The van der Waals surface area contributed by atoms with E-state index in [-0.39, 0.29) is 36.7 Å². The first kappa shape index (κ1) is 54.7. The molecular weight excluding hydrogens is 897 g/mol. The Morgan fingerprint density at radius 2 is 1.16 bits per heavy atom. The van der Waals surface area contributed by atoms with E-state index in [1.54, 1.807) is 6.92 Å². The molecule has 0 unspecified atom stereocenters. The second-order valence-corrected chi connectivity index (χ2v) is 22.9. The van der Waals surface area contributed by atoms with E-state index in [1.807, 2.05) is 13.0 Å². The molecule has 3 saturated heterocycles. The van der Waals surface area contributed by atoms with Crippen LogP contribution >= 0.6 is 0 Å². The molecule has 0 amide bonds. The zero-order valence-electron chi connectivity index (χ0n) is 40.5. The van der Waals surface area contributed by atoms with Crippen molar-refractivity contribution in [1.29, 1.82) is 0 Å². The SMILES string of the molecule is C/C(=C\CC[C@](C)(O[C@H]1O[C@@H](CO[C@H]2O[C@@H](CO)[C@H](O)[C@@H](O)[C@@H]2O)[C@H](O)[C@@H](O)[C@@H]1O)[C@@H]1CC[C@]2(C)[C@H]1[C@@H](O)C[C@H]1[C@]3(C)[C@@H](O)C[C@H](O[C@H]4O[C@@H](CO)[C@H](O)[C@@H](O)[C@@H]4O)C(C)(C)[C@@H]3CC[C@@]12C)CO. The predicted octanol–water partition coefficient (Wildman–Crippen LogP) is -2.08. The van der Waals surface area contributed by atoms with Gasteiger partial charge in [0, 0.05) is 11.8 Å². The van der Waals surface area contributed by atoms with Crippen LogP contribution in [0.25, 0.3) is 0 Å². The Hall–Kier alpha value is -1.06. The number of aliphatic hydroxyl groups excluding tert-OH is 14. The van der Waals surface area contributed by atoms with Crippen LogP contribution in [-0.2, 0) is 28.4 Å². The Labute approximate surface area is 398 Å². The number of fused-ring (bicyclic) bond motifs is 5. The lowest BCUT2D eigenvalue weighted by atomic mass is 9.34. The van der Waals surface area contributed by atoms with Crippen molar-refractivity contribution in [1.82, 2.24) is 0 Å². The lowest BCUT2D eigenvalue weighted by Crippen LogP contribution is -2.70. The summed E-state index contributed by atoms with van der Waals surface area (Å²) in [5.41, 5.74) is -2.67. The highest BCUT2D eigenvalue weighted by atomic mass is 16.7. The van der Waals surface area contributed by atoms with E-state index in [1.165, 1.54) is 0 Å². The van der Waals surface area contributed by atoms with Crippen LogP contribution in [0, 0.1) is 45.3 Å². The minimum atomic E-state index is -1.78. The molecule has 3 heterocycles. The molecular formula is C48H82O20. The van der Waals surface area contributed by atoms with Gasteiger partial charge in [-0.1, -0.05) is 46.3 Å². The van der Waals surface area contributed by atoms with Gasteiger partial charge >= 0.3 is 0 Å². The topological polar surface area (TPSA) is 339 Å². The molecule has 394 valence electrons. The number of hydrogen-bond donors (Lipinski definition) is 14. The molecule has 14 N–H and O–H groups in total. The minimum Gasteiger partial charge on any atom is -0.394 e. The molecule has 7 rings (SSSR count). The van der Waals surface area contributed by atoms with Gasteiger partial charge in [-0.15, -0.1) is 0 Å². The van der Waals surface area contributed by atoms with Crippen LogP contribution in [0.1, 0.15) is 99.8 Å². The summed E-state index contributed by atoms with van der Waals surface area (Å²) < 4.78 is 36.3. The molecule has 0 radical (unpaired) electrons. The third-order valence-corrected chi connectivity index (χ3v) is 19.1. The van der Waals surface area contributed by atoms with Gasteiger partial charge in [-0.3, -0.25) is 0 Å². The highest BCUT2D eigenvalue weighted by Crippen LogP contribution is 2.76. The van der Waals surface area contributed by atoms with Crippen molar-refractivity contribution in [3.05, 3.63) is 11.6 Å². The van der Waals surface area contributed by atoms with Crippen molar-refractivity contribution in [3.8, 4) is 0 Å². The molecule has 0 spiro atoms. The molecule has 7 fully saturated rings. The zero-order chi connectivity index (χ0) is 50.2.